The van der Waals surface area contributed by atoms with Gasteiger partial charge in [0.25, 0.3) is 0 Å². The minimum atomic E-state index is -1.80. The zero-order chi connectivity index (χ0) is 88.2. The Kier molecular flexibility index (Phi) is 79.6. The van der Waals surface area contributed by atoms with Crippen molar-refractivity contribution in [1.29, 1.82) is 0 Å². The van der Waals surface area contributed by atoms with E-state index in [-0.39, 0.29) is 15.8 Å². The van der Waals surface area contributed by atoms with Gasteiger partial charge in [0.05, 0.1) is 37.9 Å². The lowest BCUT2D eigenvalue weighted by molar-refractivity contribution is -0.408. The Bertz CT molecular complexity index is 3580. The third kappa shape index (κ3) is 36.1. The largest absolute Gasteiger partial charge is 0.667 e. The second-order valence-electron chi connectivity index (χ2n) is 21.5. The average molecular weight is 1640 g/mol. The molecule has 636 valence electrons. The van der Waals surface area contributed by atoms with Crippen molar-refractivity contribution in [1.82, 2.24) is 58.1 Å². The molecule has 114 heavy (non-hydrogen) atoms. The van der Waals surface area contributed by atoms with E-state index in [0.717, 1.165) is 24.7 Å². The SMILES string of the molecule is C1=N[N+]([B-](c2ccccc2)(c2ccccc2)n2cccn2)=CC1.C1=N[N+]([B-](c2ccccc2)(n2cccn2)n2cccn2)=CC1.C1=N[N+]([B-](n2cccn2)(n2cccn2)n2cccn2)=CC1.CC.CC.CC.CC.CC.CC.CC.CC.CC.CC.CC.CC.CC.CC.CP(C)CCP(C)C.CP(C)c1ccccc1P(C)C. The molecule has 10 aromatic rings. The zero-order valence-electron chi connectivity index (χ0n) is 78.4. The Morgan fingerprint density at radius 1 is 0.272 bits per heavy atom. The molecular weight excluding hydrogens is 1480 g/mol. The smallest absolute Gasteiger partial charge is 0.369 e. The molecule has 25 heteroatoms. The van der Waals surface area contributed by atoms with Crippen LogP contribution in [0.1, 0.15) is 213 Å². The van der Waals surface area contributed by atoms with E-state index in [0.29, 0.717) is 15.8 Å². The Hall–Kier alpha value is -7.93. The van der Waals surface area contributed by atoms with Crippen LogP contribution in [0.15, 0.2) is 241 Å². The van der Waals surface area contributed by atoms with Crippen molar-refractivity contribution >= 4 is 116 Å². The lowest BCUT2D eigenvalue weighted by Gasteiger charge is -2.34. The molecule has 4 aromatic carbocycles. The molecule has 0 bridgehead atoms. The summed E-state index contributed by atoms with van der Waals surface area (Å²) in [5.74, 6) is 0. The number of hydrogen-bond acceptors (Lipinski definition) is 9. The van der Waals surface area contributed by atoms with Gasteiger partial charge >= 0.3 is 19.7 Å². The molecule has 0 atom stereocenters. The van der Waals surface area contributed by atoms with Crippen LogP contribution in [-0.2, 0) is 0 Å². The molecular formula is C89H161B3N18P4. The maximum Gasteiger partial charge on any atom is 0.667 e. The summed E-state index contributed by atoms with van der Waals surface area (Å²) < 4.78 is 17.3. The van der Waals surface area contributed by atoms with Gasteiger partial charge in [0.15, 0.2) is 0 Å². The molecule has 0 spiro atoms. The van der Waals surface area contributed by atoms with E-state index in [4.69, 9.17) is 0 Å². The highest BCUT2D eigenvalue weighted by Crippen LogP contribution is 2.33. The van der Waals surface area contributed by atoms with Crippen molar-refractivity contribution in [2.24, 2.45) is 15.3 Å². The molecule has 0 amide bonds. The Balaban J connectivity index is -0.000000304. The van der Waals surface area contributed by atoms with Crippen molar-refractivity contribution in [3.8, 4) is 0 Å². The van der Waals surface area contributed by atoms with Crippen LogP contribution >= 0.6 is 31.7 Å². The van der Waals surface area contributed by atoms with E-state index >= 15 is 0 Å². The van der Waals surface area contributed by atoms with E-state index in [1.807, 2.05) is 366 Å². The fourth-order valence-electron chi connectivity index (χ4n) is 10.9. The number of benzene rings is 4. The summed E-state index contributed by atoms with van der Waals surface area (Å²) in [5.41, 5.74) is 3.45. The van der Waals surface area contributed by atoms with Crippen molar-refractivity contribution < 1.29 is 13.8 Å². The molecule has 3 aliphatic rings. The predicted octanol–water partition coefficient (Wildman–Crippen LogP) is 21.6. The maximum absolute atomic E-state index is 4.64. The van der Waals surface area contributed by atoms with Crippen LogP contribution in [0.3, 0.4) is 0 Å². The molecule has 18 nitrogen and oxygen atoms in total. The quantitative estimate of drug-likeness (QED) is 0.0653. The first-order valence-electron chi connectivity index (χ1n) is 42.8. The lowest BCUT2D eigenvalue weighted by Crippen LogP contribution is -2.70. The maximum atomic E-state index is 4.64. The summed E-state index contributed by atoms with van der Waals surface area (Å²) in [6.07, 6.45) is 38.0. The number of rotatable bonds is 17. The molecule has 0 radical (unpaired) electrons. The zero-order valence-corrected chi connectivity index (χ0v) is 82.0. The van der Waals surface area contributed by atoms with Crippen molar-refractivity contribution in [3.05, 3.63) is 226 Å². The molecule has 0 unspecified atom stereocenters. The van der Waals surface area contributed by atoms with Gasteiger partial charge in [-0.25, -0.2) is 35.2 Å². The van der Waals surface area contributed by atoms with Crippen LogP contribution in [-0.4, -0.2) is 195 Å². The highest BCUT2D eigenvalue weighted by atomic mass is 31.1. The molecule has 13 rings (SSSR count). The summed E-state index contributed by atoms with van der Waals surface area (Å²) in [5, 5.41) is 43.8. The summed E-state index contributed by atoms with van der Waals surface area (Å²) in [6.45, 7) is 71.3. The Labute approximate surface area is 703 Å². The van der Waals surface area contributed by atoms with Crippen LogP contribution in [0.4, 0.5) is 0 Å². The van der Waals surface area contributed by atoms with Gasteiger partial charge in [-0.2, -0.15) is 0 Å². The first kappa shape index (κ1) is 117. The third-order valence-corrected chi connectivity index (χ3v) is 20.4. The predicted molar refractivity (Wildman–Crippen MR) is 529 cm³/mol. The van der Waals surface area contributed by atoms with Crippen LogP contribution in [0, 0.1) is 0 Å². The molecule has 0 fully saturated rings. The molecule has 0 aliphatic carbocycles. The second kappa shape index (κ2) is 77.6. The van der Waals surface area contributed by atoms with Crippen molar-refractivity contribution in [3.63, 3.8) is 0 Å². The van der Waals surface area contributed by atoms with E-state index in [1.165, 1.54) is 23.2 Å². The van der Waals surface area contributed by atoms with Crippen LogP contribution in [0.5, 0.6) is 0 Å². The van der Waals surface area contributed by atoms with Gasteiger partial charge in [-0.1, -0.05) is 346 Å². The molecule has 0 saturated heterocycles. The van der Waals surface area contributed by atoms with E-state index in [9.17, 15) is 0 Å². The Morgan fingerprint density at radius 2 is 0.509 bits per heavy atom. The van der Waals surface area contributed by atoms with E-state index in [2.05, 4.69) is 201 Å². The molecule has 0 N–H and O–H groups in total. The normalized spacial score (nSPS) is 11.0. The minimum Gasteiger partial charge on any atom is -0.369 e. The summed E-state index contributed by atoms with van der Waals surface area (Å²) in [7, 11) is 0.901. The van der Waals surface area contributed by atoms with Gasteiger partial charge < -0.3 is 27.6 Å². The third-order valence-electron chi connectivity index (χ3n) is 14.9. The topological polar surface area (TPSA) is 153 Å². The van der Waals surface area contributed by atoms with Crippen molar-refractivity contribution in [2.45, 2.75) is 213 Å². The minimum absolute atomic E-state index is 0.0674. The second-order valence-corrected chi connectivity index (χ2v) is 31.3. The number of aromatic nitrogens is 12. The van der Waals surface area contributed by atoms with Gasteiger partial charge in [0.1, 0.15) is 18.6 Å². The molecule has 0 saturated carbocycles. The van der Waals surface area contributed by atoms with E-state index in [1.54, 1.807) is 41.6 Å². The lowest BCUT2D eigenvalue weighted by atomic mass is 9.37. The van der Waals surface area contributed by atoms with Crippen LogP contribution in [0.25, 0.3) is 0 Å². The van der Waals surface area contributed by atoms with Gasteiger partial charge in [-0.05, 0) is 150 Å². The standard InChI is InChI=1S/C18H17BN4.C15H15BN6.C12H13BN8.C10H16P2.C6H16P2.14C2H6/c1-3-9-17(10-4-1)19(22-15-7-13-20-22,23-16-8-14-21-23)18-11-5-2-6-12-18;1-2-7-15(8-3-1)16(20-12-4-9-17-20,21-13-5-10-18-21)22-14-6-11-19-22;1-5-14-18(9-1)13(19-10-2-6-15-19,20-11-3-7-16-20)21-12-4-8-17-21;1-11(2)9-7-5-6-8-10(9)12(3)4;1-7(2)5-6-8(3)4;14*1-2/h1-7,9-16H,8H2;1-5,7-14H,6H2;1-3,5-12H,4H2;5-8H,1-4H3;5-6H2,1-4H3;14*1-2H3. The summed E-state index contributed by atoms with van der Waals surface area (Å²) in [6, 6.07) is 51.5. The number of hydrazone groups is 3. The summed E-state index contributed by atoms with van der Waals surface area (Å²) >= 11 is 0. The molecule has 6 aromatic heterocycles. The van der Waals surface area contributed by atoms with Gasteiger partial charge in [0, 0.05) is 37.2 Å². The van der Waals surface area contributed by atoms with E-state index < -0.39 is 19.7 Å². The fourth-order valence-corrected chi connectivity index (χ4v) is 17.2. The fraction of sp³-hybridized carbons (Fsp3) is 0.461. The Morgan fingerprint density at radius 3 is 0.746 bits per heavy atom. The number of nitrogens with zero attached hydrogens (tertiary/aromatic N) is 18. The first-order valence-corrected chi connectivity index (χ1v) is 52.1. The highest BCUT2D eigenvalue weighted by Gasteiger charge is 2.53. The van der Waals surface area contributed by atoms with Gasteiger partial charge in [-0.15, -0.1) is 26.8 Å². The summed E-state index contributed by atoms with van der Waals surface area (Å²) in [4.78, 5) is 0. The van der Waals surface area contributed by atoms with Crippen LogP contribution < -0.4 is 27.0 Å². The van der Waals surface area contributed by atoms with Gasteiger partial charge in [-0.3, -0.25) is 9.19 Å². The monoisotopic (exact) mass is 1640 g/mol. The highest BCUT2D eigenvalue weighted by molar-refractivity contribution is 7.70. The number of hydrogen-bond donors (Lipinski definition) is 0. The van der Waals surface area contributed by atoms with Crippen molar-refractivity contribution in [2.75, 3.05) is 65.6 Å². The average Bonchev–Trinajstić information content (AvgIpc) is 1.74. The first-order chi connectivity index (χ1) is 56.0. The molecule has 9 heterocycles. The molecule has 3 aliphatic heterocycles. The van der Waals surface area contributed by atoms with Crippen LogP contribution in [0.2, 0.25) is 0 Å². The van der Waals surface area contributed by atoms with Gasteiger partial charge in [0.2, 0.25) is 0 Å².